The minimum Gasteiger partial charge on any atom is -0.444 e. The van der Waals surface area contributed by atoms with E-state index in [2.05, 4.69) is 4.18 Å². The number of halogens is 3. The molecule has 0 saturated carbocycles. The van der Waals surface area contributed by atoms with E-state index in [9.17, 15) is 26.4 Å². The molecule has 0 aromatic heterocycles. The van der Waals surface area contributed by atoms with E-state index in [-0.39, 0.29) is 17.8 Å². The topological polar surface area (TPSA) is 72.9 Å². The highest BCUT2D eigenvalue weighted by atomic mass is 32.2. The molecule has 0 radical (unpaired) electrons. The third-order valence-electron chi connectivity index (χ3n) is 4.30. The number of aryl methyl sites for hydroxylation is 1. The predicted molar refractivity (Wildman–Crippen MR) is 96.6 cm³/mol. The predicted octanol–water partition coefficient (Wildman–Crippen LogP) is 4.34. The van der Waals surface area contributed by atoms with Gasteiger partial charge in [0.25, 0.3) is 0 Å². The Morgan fingerprint density at radius 2 is 1.71 bits per heavy atom. The number of nitrogens with zero attached hydrogens (tertiary/aromatic N) is 1. The van der Waals surface area contributed by atoms with Gasteiger partial charge in [-0.05, 0) is 63.6 Å². The maximum absolute atomic E-state index is 12.5. The number of amides is 1. The molecule has 6 nitrogen and oxygen atoms in total. The highest BCUT2D eigenvalue weighted by molar-refractivity contribution is 7.88. The van der Waals surface area contributed by atoms with E-state index in [1.54, 1.807) is 37.8 Å². The second-order valence-corrected chi connectivity index (χ2v) is 9.29. The fourth-order valence-electron chi connectivity index (χ4n) is 2.91. The van der Waals surface area contributed by atoms with E-state index in [1.807, 2.05) is 0 Å². The minimum absolute atomic E-state index is 0.102. The van der Waals surface area contributed by atoms with Crippen LogP contribution in [-0.2, 0) is 14.9 Å². The van der Waals surface area contributed by atoms with Crippen molar-refractivity contribution in [2.45, 2.75) is 57.6 Å². The molecule has 0 bridgehead atoms. The summed E-state index contributed by atoms with van der Waals surface area (Å²) in [5.41, 5.74) is -4.90. The largest absolute Gasteiger partial charge is 0.534 e. The van der Waals surface area contributed by atoms with Crippen molar-refractivity contribution in [1.82, 2.24) is 4.90 Å². The van der Waals surface area contributed by atoms with Gasteiger partial charge in [0.05, 0.1) is 0 Å². The van der Waals surface area contributed by atoms with Gasteiger partial charge in [-0.2, -0.15) is 21.6 Å². The molecule has 158 valence electrons. The molecule has 0 aliphatic carbocycles. The molecule has 1 aromatic rings. The molecule has 1 aliphatic heterocycles. The van der Waals surface area contributed by atoms with Gasteiger partial charge in [-0.25, -0.2) is 4.79 Å². The molecule has 0 N–H and O–H groups in total. The molecule has 1 aromatic carbocycles. The van der Waals surface area contributed by atoms with Gasteiger partial charge in [0.15, 0.2) is 0 Å². The highest BCUT2D eigenvalue weighted by Crippen LogP contribution is 2.33. The second kappa shape index (κ2) is 7.81. The summed E-state index contributed by atoms with van der Waals surface area (Å²) in [5, 5.41) is 0. The molecule has 1 aliphatic rings. The van der Waals surface area contributed by atoms with Crippen molar-refractivity contribution < 1.29 is 35.3 Å². The van der Waals surface area contributed by atoms with Crippen LogP contribution in [0, 0.1) is 6.92 Å². The van der Waals surface area contributed by atoms with Crippen LogP contribution in [-0.4, -0.2) is 43.6 Å². The SMILES string of the molecule is Cc1cc(C2CCN(C(=O)OC(C)(C)C)CC2)ccc1OS(=O)(=O)C(F)(F)F. The monoisotopic (exact) mass is 423 g/mol. The van der Waals surface area contributed by atoms with Crippen molar-refractivity contribution in [3.05, 3.63) is 29.3 Å². The van der Waals surface area contributed by atoms with Crippen LogP contribution < -0.4 is 4.18 Å². The summed E-state index contributed by atoms with van der Waals surface area (Å²) in [5.74, 6) is -0.252. The van der Waals surface area contributed by atoms with Crippen LogP contribution in [0.2, 0.25) is 0 Å². The molecule has 2 rings (SSSR count). The summed E-state index contributed by atoms with van der Waals surface area (Å²) in [4.78, 5) is 13.7. The Kier molecular flexibility index (Phi) is 6.22. The van der Waals surface area contributed by atoms with Crippen LogP contribution in [0.3, 0.4) is 0 Å². The zero-order valence-electron chi connectivity index (χ0n) is 16.2. The Bertz CT molecular complexity index is 823. The number of benzene rings is 1. The molecule has 1 fully saturated rings. The number of carbonyl (C=O) groups excluding carboxylic acids is 1. The van der Waals surface area contributed by atoms with Crippen molar-refractivity contribution in [2.75, 3.05) is 13.1 Å². The third kappa shape index (κ3) is 5.52. The molecule has 10 heteroatoms. The Labute approximate surface area is 162 Å². The number of likely N-dealkylation sites (tertiary alicyclic amines) is 1. The van der Waals surface area contributed by atoms with Gasteiger partial charge in [-0.1, -0.05) is 12.1 Å². The van der Waals surface area contributed by atoms with Gasteiger partial charge in [0.2, 0.25) is 0 Å². The lowest BCUT2D eigenvalue weighted by atomic mass is 9.88. The Morgan fingerprint density at radius 3 is 2.18 bits per heavy atom. The lowest BCUT2D eigenvalue weighted by Gasteiger charge is -2.33. The first kappa shape index (κ1) is 22.3. The van der Waals surface area contributed by atoms with Gasteiger partial charge < -0.3 is 13.8 Å². The van der Waals surface area contributed by atoms with Crippen LogP contribution in [0.5, 0.6) is 5.75 Å². The van der Waals surface area contributed by atoms with E-state index < -0.39 is 21.2 Å². The Morgan fingerprint density at radius 1 is 1.14 bits per heavy atom. The average molecular weight is 423 g/mol. The normalized spacial score (nSPS) is 16.8. The zero-order valence-corrected chi connectivity index (χ0v) is 17.0. The van der Waals surface area contributed by atoms with Crippen LogP contribution >= 0.6 is 0 Å². The summed E-state index contributed by atoms with van der Waals surface area (Å²) in [6, 6.07) is 4.41. The van der Waals surface area contributed by atoms with Gasteiger partial charge in [-0.3, -0.25) is 0 Å². The standard InChI is InChI=1S/C18H24F3NO5S/c1-12-11-14(5-6-15(12)27-28(24,25)18(19,20)21)13-7-9-22(10-8-13)16(23)26-17(2,3)4/h5-6,11,13H,7-10H2,1-4H3. The van der Waals surface area contributed by atoms with E-state index in [0.29, 0.717) is 31.5 Å². The number of hydrogen-bond acceptors (Lipinski definition) is 5. The van der Waals surface area contributed by atoms with Gasteiger partial charge in [0, 0.05) is 13.1 Å². The summed E-state index contributed by atoms with van der Waals surface area (Å²) >= 11 is 0. The first-order valence-corrected chi connectivity index (χ1v) is 10.2. The quantitative estimate of drug-likeness (QED) is 0.534. The van der Waals surface area contributed by atoms with Crippen molar-refractivity contribution >= 4 is 16.2 Å². The van der Waals surface area contributed by atoms with E-state index in [1.165, 1.54) is 13.0 Å². The van der Waals surface area contributed by atoms with Crippen molar-refractivity contribution in [2.24, 2.45) is 0 Å². The molecular formula is C18H24F3NO5S. The Hall–Kier alpha value is -1.97. The molecular weight excluding hydrogens is 399 g/mol. The maximum Gasteiger partial charge on any atom is 0.534 e. The molecule has 0 atom stereocenters. The van der Waals surface area contributed by atoms with Crippen LogP contribution in [0.15, 0.2) is 18.2 Å². The summed E-state index contributed by atoms with van der Waals surface area (Å²) in [6.07, 6.45) is 0.961. The van der Waals surface area contributed by atoms with Crippen molar-refractivity contribution in [3.8, 4) is 5.75 Å². The zero-order chi connectivity index (χ0) is 21.3. The van der Waals surface area contributed by atoms with Crippen molar-refractivity contribution in [3.63, 3.8) is 0 Å². The van der Waals surface area contributed by atoms with Gasteiger partial charge >= 0.3 is 21.7 Å². The minimum atomic E-state index is -5.70. The second-order valence-electron chi connectivity index (χ2n) is 7.75. The molecule has 1 heterocycles. The average Bonchev–Trinajstić information content (AvgIpc) is 2.54. The number of carbonyl (C=O) groups is 1. The highest BCUT2D eigenvalue weighted by Gasteiger charge is 2.48. The molecule has 1 saturated heterocycles. The van der Waals surface area contributed by atoms with Crippen molar-refractivity contribution in [1.29, 1.82) is 0 Å². The first-order valence-electron chi connectivity index (χ1n) is 8.79. The molecule has 0 spiro atoms. The number of alkyl halides is 3. The fourth-order valence-corrected chi connectivity index (χ4v) is 3.43. The van der Waals surface area contributed by atoms with E-state index in [4.69, 9.17) is 4.74 Å². The van der Waals surface area contributed by atoms with Crippen LogP contribution in [0.25, 0.3) is 0 Å². The fraction of sp³-hybridized carbons (Fsp3) is 0.611. The third-order valence-corrected chi connectivity index (χ3v) is 5.27. The molecule has 0 unspecified atom stereocenters. The Balaban J connectivity index is 2.03. The summed E-state index contributed by atoms with van der Waals surface area (Å²) in [7, 11) is -5.70. The first-order chi connectivity index (χ1) is 12.7. The van der Waals surface area contributed by atoms with E-state index >= 15 is 0 Å². The molecule has 1 amide bonds. The van der Waals surface area contributed by atoms with Crippen LogP contribution in [0.4, 0.5) is 18.0 Å². The van der Waals surface area contributed by atoms with Gasteiger partial charge in [0.1, 0.15) is 11.4 Å². The smallest absolute Gasteiger partial charge is 0.444 e. The maximum atomic E-state index is 12.5. The molecule has 28 heavy (non-hydrogen) atoms. The lowest BCUT2D eigenvalue weighted by molar-refractivity contribution is -0.0500. The van der Waals surface area contributed by atoms with Gasteiger partial charge in [-0.15, -0.1) is 0 Å². The summed E-state index contributed by atoms with van der Waals surface area (Å²) < 4.78 is 69.3. The van der Waals surface area contributed by atoms with E-state index in [0.717, 1.165) is 5.56 Å². The summed E-state index contributed by atoms with van der Waals surface area (Å²) in [6.45, 7) is 7.87. The number of hydrogen-bond donors (Lipinski definition) is 0. The lowest BCUT2D eigenvalue weighted by Crippen LogP contribution is -2.41. The number of piperidine rings is 1. The van der Waals surface area contributed by atoms with Crippen LogP contribution in [0.1, 0.15) is 50.7 Å². The number of rotatable bonds is 3. The number of ether oxygens (including phenoxy) is 1.